The number of aryl methyl sites for hydroxylation is 1. The van der Waals surface area contributed by atoms with Crippen molar-refractivity contribution in [3.8, 4) is 0 Å². The lowest BCUT2D eigenvalue weighted by atomic mass is 10.1. The van der Waals surface area contributed by atoms with Gasteiger partial charge < -0.3 is 11.1 Å². The zero-order chi connectivity index (χ0) is 12.0. The van der Waals surface area contributed by atoms with Crippen LogP contribution in [0.5, 0.6) is 0 Å². The first-order valence-electron chi connectivity index (χ1n) is 5.39. The summed E-state index contributed by atoms with van der Waals surface area (Å²) in [6.45, 7) is 2.96. The molecule has 1 amide bonds. The number of amides is 1. The van der Waals surface area contributed by atoms with Crippen LogP contribution >= 0.6 is 0 Å². The van der Waals surface area contributed by atoms with Gasteiger partial charge in [0.1, 0.15) is 5.82 Å². The summed E-state index contributed by atoms with van der Waals surface area (Å²) in [5.41, 5.74) is 6.30. The number of nitrogens with two attached hydrogens (primary N) is 1. The van der Waals surface area contributed by atoms with Crippen molar-refractivity contribution in [1.82, 2.24) is 5.32 Å². The Morgan fingerprint density at radius 1 is 1.44 bits per heavy atom. The molecule has 0 aliphatic rings. The van der Waals surface area contributed by atoms with Gasteiger partial charge in [0.2, 0.25) is 0 Å². The van der Waals surface area contributed by atoms with Crippen LogP contribution in [0.3, 0.4) is 0 Å². The summed E-state index contributed by atoms with van der Waals surface area (Å²) < 4.78 is 13.3. The van der Waals surface area contributed by atoms with Crippen LogP contribution in [0.4, 0.5) is 4.39 Å². The number of rotatable bonds is 5. The quantitative estimate of drug-likeness (QED) is 0.746. The zero-order valence-electron chi connectivity index (χ0n) is 9.42. The number of benzene rings is 1. The van der Waals surface area contributed by atoms with E-state index in [0.717, 1.165) is 18.4 Å². The number of carbonyl (C=O) groups is 1. The molecule has 0 fully saturated rings. The molecule has 0 aliphatic carbocycles. The summed E-state index contributed by atoms with van der Waals surface area (Å²) in [4.78, 5) is 11.6. The molecular formula is C12H17FN2O. The molecule has 0 spiro atoms. The molecule has 0 bridgehead atoms. The smallest absolute Gasteiger partial charge is 0.254 e. The maximum Gasteiger partial charge on any atom is 0.254 e. The van der Waals surface area contributed by atoms with Gasteiger partial charge in [0.25, 0.3) is 5.91 Å². The predicted octanol–water partition coefficient (Wildman–Crippen LogP) is 1.60. The van der Waals surface area contributed by atoms with Crippen LogP contribution in [-0.2, 0) is 0 Å². The number of halogens is 1. The molecule has 3 N–H and O–H groups in total. The third-order valence-electron chi connectivity index (χ3n) is 2.28. The average molecular weight is 224 g/mol. The summed E-state index contributed by atoms with van der Waals surface area (Å²) in [5, 5.41) is 2.67. The summed E-state index contributed by atoms with van der Waals surface area (Å²) in [6.07, 6.45) is 1.67. The van der Waals surface area contributed by atoms with E-state index in [0.29, 0.717) is 13.1 Å². The minimum atomic E-state index is -0.484. The second kappa shape index (κ2) is 6.23. The molecule has 0 aromatic heterocycles. The summed E-state index contributed by atoms with van der Waals surface area (Å²) in [6, 6.07) is 4.50. The first-order chi connectivity index (χ1) is 7.65. The molecule has 16 heavy (non-hydrogen) atoms. The molecule has 0 aliphatic heterocycles. The fourth-order valence-corrected chi connectivity index (χ4v) is 1.38. The van der Waals surface area contributed by atoms with E-state index in [4.69, 9.17) is 5.73 Å². The zero-order valence-corrected chi connectivity index (χ0v) is 9.42. The number of carbonyl (C=O) groups excluding carboxylic acids is 1. The Kier molecular flexibility index (Phi) is 4.92. The first kappa shape index (κ1) is 12.6. The van der Waals surface area contributed by atoms with Crippen LogP contribution in [-0.4, -0.2) is 19.0 Å². The fourth-order valence-electron chi connectivity index (χ4n) is 1.38. The van der Waals surface area contributed by atoms with E-state index in [1.807, 2.05) is 6.92 Å². The largest absolute Gasteiger partial charge is 0.352 e. The van der Waals surface area contributed by atoms with E-state index in [9.17, 15) is 9.18 Å². The van der Waals surface area contributed by atoms with Gasteiger partial charge in [0, 0.05) is 6.54 Å². The van der Waals surface area contributed by atoms with E-state index in [1.54, 1.807) is 12.1 Å². The molecule has 1 aromatic carbocycles. The van der Waals surface area contributed by atoms with E-state index in [1.165, 1.54) is 6.07 Å². The second-order valence-corrected chi connectivity index (χ2v) is 3.73. The van der Waals surface area contributed by atoms with Crippen molar-refractivity contribution in [2.24, 2.45) is 5.73 Å². The molecule has 4 heteroatoms. The lowest BCUT2D eigenvalue weighted by Gasteiger charge is -2.06. The van der Waals surface area contributed by atoms with Gasteiger partial charge in [-0.05, 0) is 38.4 Å². The van der Waals surface area contributed by atoms with Gasteiger partial charge in [-0.25, -0.2) is 4.39 Å². The van der Waals surface area contributed by atoms with E-state index in [-0.39, 0.29) is 11.5 Å². The Bertz CT molecular complexity index is 366. The van der Waals surface area contributed by atoms with Gasteiger partial charge >= 0.3 is 0 Å². The molecule has 0 atom stereocenters. The highest BCUT2D eigenvalue weighted by molar-refractivity contribution is 5.94. The highest BCUT2D eigenvalue weighted by Crippen LogP contribution is 2.09. The molecule has 0 saturated carbocycles. The van der Waals surface area contributed by atoms with Crippen molar-refractivity contribution in [3.63, 3.8) is 0 Å². The molecule has 0 heterocycles. The maximum absolute atomic E-state index is 13.3. The molecule has 1 rings (SSSR count). The number of nitrogens with one attached hydrogen (secondary N) is 1. The Morgan fingerprint density at radius 2 is 2.19 bits per heavy atom. The average Bonchev–Trinajstić information content (AvgIpc) is 2.27. The second-order valence-electron chi connectivity index (χ2n) is 3.73. The van der Waals surface area contributed by atoms with Crippen LogP contribution in [0.15, 0.2) is 18.2 Å². The Morgan fingerprint density at radius 3 is 2.88 bits per heavy atom. The Hall–Kier alpha value is -1.42. The van der Waals surface area contributed by atoms with Crippen molar-refractivity contribution in [3.05, 3.63) is 35.1 Å². The van der Waals surface area contributed by atoms with E-state index >= 15 is 0 Å². The van der Waals surface area contributed by atoms with Gasteiger partial charge in [-0.2, -0.15) is 0 Å². The molecule has 0 saturated heterocycles. The molecular weight excluding hydrogens is 207 g/mol. The van der Waals surface area contributed by atoms with E-state index < -0.39 is 5.82 Å². The number of unbranched alkanes of at least 4 members (excludes halogenated alkanes) is 1. The van der Waals surface area contributed by atoms with Crippen LogP contribution in [0, 0.1) is 12.7 Å². The molecule has 3 nitrogen and oxygen atoms in total. The summed E-state index contributed by atoms with van der Waals surface area (Å²) >= 11 is 0. The maximum atomic E-state index is 13.3. The molecule has 88 valence electrons. The highest BCUT2D eigenvalue weighted by atomic mass is 19.1. The van der Waals surface area contributed by atoms with Crippen LogP contribution in [0.25, 0.3) is 0 Å². The lowest BCUT2D eigenvalue weighted by Crippen LogP contribution is -2.25. The fraction of sp³-hybridized carbons (Fsp3) is 0.417. The topological polar surface area (TPSA) is 55.1 Å². The van der Waals surface area contributed by atoms with Crippen molar-refractivity contribution in [1.29, 1.82) is 0 Å². The van der Waals surface area contributed by atoms with Crippen LogP contribution in [0.1, 0.15) is 28.8 Å². The van der Waals surface area contributed by atoms with Crippen LogP contribution < -0.4 is 11.1 Å². The first-order valence-corrected chi connectivity index (χ1v) is 5.39. The molecule has 0 unspecified atom stereocenters. The SMILES string of the molecule is Cc1ccc(F)c(C(=O)NCCCCN)c1. The minimum Gasteiger partial charge on any atom is -0.352 e. The van der Waals surface area contributed by atoms with Gasteiger partial charge in [-0.15, -0.1) is 0 Å². The van der Waals surface area contributed by atoms with Gasteiger partial charge in [-0.3, -0.25) is 4.79 Å². The van der Waals surface area contributed by atoms with Gasteiger partial charge in [0.15, 0.2) is 0 Å². The minimum absolute atomic E-state index is 0.104. The van der Waals surface area contributed by atoms with Gasteiger partial charge in [0.05, 0.1) is 5.56 Å². The molecule has 1 aromatic rings. The van der Waals surface area contributed by atoms with Crippen molar-refractivity contribution >= 4 is 5.91 Å². The predicted molar refractivity (Wildman–Crippen MR) is 61.8 cm³/mol. The third-order valence-corrected chi connectivity index (χ3v) is 2.28. The van der Waals surface area contributed by atoms with Crippen molar-refractivity contribution in [2.45, 2.75) is 19.8 Å². The summed E-state index contributed by atoms with van der Waals surface area (Å²) in [5.74, 6) is -0.847. The van der Waals surface area contributed by atoms with E-state index in [2.05, 4.69) is 5.32 Å². The van der Waals surface area contributed by atoms with Crippen molar-refractivity contribution < 1.29 is 9.18 Å². The monoisotopic (exact) mass is 224 g/mol. The normalized spacial score (nSPS) is 10.2. The molecule has 0 radical (unpaired) electrons. The number of hydrogen-bond donors (Lipinski definition) is 2. The lowest BCUT2D eigenvalue weighted by molar-refractivity contribution is 0.0949. The third kappa shape index (κ3) is 3.62. The highest BCUT2D eigenvalue weighted by Gasteiger charge is 2.10. The van der Waals surface area contributed by atoms with Crippen LogP contribution in [0.2, 0.25) is 0 Å². The summed E-state index contributed by atoms with van der Waals surface area (Å²) in [7, 11) is 0. The Labute approximate surface area is 94.8 Å². The van der Waals surface area contributed by atoms with Crippen molar-refractivity contribution in [2.75, 3.05) is 13.1 Å². The van der Waals surface area contributed by atoms with Gasteiger partial charge in [-0.1, -0.05) is 11.6 Å². The number of hydrogen-bond acceptors (Lipinski definition) is 2. The Balaban J connectivity index is 2.55. The standard InChI is InChI=1S/C12H17FN2O/c1-9-4-5-11(13)10(8-9)12(16)15-7-3-2-6-14/h4-5,8H,2-3,6-7,14H2,1H3,(H,15,16).